The zero-order valence-electron chi connectivity index (χ0n) is 8.43. The molecule has 1 amide bonds. The van der Waals surface area contributed by atoms with Crippen molar-refractivity contribution in [2.45, 2.75) is 0 Å². The second kappa shape index (κ2) is 4.90. The average molecular weight is 249 g/mol. The first-order valence-electron chi connectivity index (χ1n) is 4.21. The number of nitrogens with two attached hydrogens (primary N) is 1. The predicted octanol–water partition coefficient (Wildman–Crippen LogP) is -2.07. The number of hydrogen-bond donors (Lipinski definition) is 3. The van der Waals surface area contributed by atoms with Crippen molar-refractivity contribution in [1.82, 2.24) is 20.4 Å². The lowest BCUT2D eigenvalue weighted by atomic mass is 10.4. The van der Waals surface area contributed by atoms with Crippen LogP contribution in [0.5, 0.6) is 0 Å². The van der Waals surface area contributed by atoms with Crippen LogP contribution in [0.2, 0.25) is 0 Å². The van der Waals surface area contributed by atoms with Crippen molar-refractivity contribution in [3.05, 3.63) is 5.69 Å². The summed E-state index contributed by atoms with van der Waals surface area (Å²) < 4.78 is 27.8. The molecule has 0 radical (unpaired) electrons. The van der Waals surface area contributed by atoms with Crippen LogP contribution >= 0.6 is 0 Å². The van der Waals surface area contributed by atoms with E-state index in [9.17, 15) is 13.2 Å². The first-order valence-corrected chi connectivity index (χ1v) is 6.10. The van der Waals surface area contributed by atoms with Crippen molar-refractivity contribution in [1.29, 1.82) is 0 Å². The van der Waals surface area contributed by atoms with Gasteiger partial charge in [0.1, 0.15) is 0 Å². The summed E-state index contributed by atoms with van der Waals surface area (Å²) in [4.78, 5) is 11.3. The van der Waals surface area contributed by atoms with Gasteiger partial charge in [-0.05, 0) is 10.3 Å². The second-order valence-electron chi connectivity index (χ2n) is 2.92. The number of hydrogen-bond acceptors (Lipinski definition) is 7. The van der Waals surface area contributed by atoms with Gasteiger partial charge < -0.3 is 11.1 Å². The van der Waals surface area contributed by atoms with Gasteiger partial charge in [0.2, 0.25) is 21.5 Å². The highest BCUT2D eigenvalue weighted by Gasteiger charge is 2.14. The topological polar surface area (TPSA) is 140 Å². The molecule has 90 valence electrons. The van der Waals surface area contributed by atoms with Crippen LogP contribution < -0.4 is 15.8 Å². The second-order valence-corrected chi connectivity index (χ2v) is 4.75. The molecule has 4 N–H and O–H groups in total. The molecule has 10 heteroatoms. The Bertz CT molecular complexity index is 467. The maximum Gasteiger partial charge on any atom is 0.277 e. The molecule has 1 aromatic rings. The number of nitrogen functional groups attached to an aromatic ring is 1. The summed E-state index contributed by atoms with van der Waals surface area (Å²) in [6.07, 6.45) is 1.02. The molecule has 0 atom stereocenters. The minimum Gasteiger partial charge on any atom is -0.379 e. The Balaban J connectivity index is 2.35. The van der Waals surface area contributed by atoms with Gasteiger partial charge in [-0.1, -0.05) is 0 Å². The van der Waals surface area contributed by atoms with Gasteiger partial charge >= 0.3 is 0 Å². The van der Waals surface area contributed by atoms with Gasteiger partial charge in [0.05, 0.1) is 6.26 Å². The smallest absolute Gasteiger partial charge is 0.277 e. The van der Waals surface area contributed by atoms with Crippen LogP contribution in [0.15, 0.2) is 4.63 Å². The number of sulfonamides is 1. The van der Waals surface area contributed by atoms with Gasteiger partial charge in [-0.15, -0.1) is 0 Å². The number of anilines is 1. The van der Waals surface area contributed by atoms with Crippen LogP contribution in [0.1, 0.15) is 10.5 Å². The maximum atomic E-state index is 11.3. The molecule has 1 rings (SSSR count). The monoisotopic (exact) mass is 249 g/mol. The molecule has 0 aliphatic rings. The van der Waals surface area contributed by atoms with E-state index < -0.39 is 15.9 Å². The highest BCUT2D eigenvalue weighted by molar-refractivity contribution is 7.88. The molecule has 0 aromatic carbocycles. The normalized spacial score (nSPS) is 11.3. The van der Waals surface area contributed by atoms with E-state index in [1.807, 2.05) is 0 Å². The Morgan fingerprint density at radius 3 is 2.62 bits per heavy atom. The van der Waals surface area contributed by atoms with Crippen LogP contribution in [0.4, 0.5) is 5.82 Å². The fourth-order valence-corrected chi connectivity index (χ4v) is 1.32. The molecular weight excluding hydrogens is 238 g/mol. The molecule has 0 unspecified atom stereocenters. The van der Waals surface area contributed by atoms with Gasteiger partial charge in [-0.25, -0.2) is 17.8 Å². The molecule has 1 aromatic heterocycles. The summed E-state index contributed by atoms with van der Waals surface area (Å²) in [5, 5.41) is 8.90. The SMILES string of the molecule is CS(=O)(=O)NCCNC(=O)c1nonc1N. The predicted molar refractivity (Wildman–Crippen MR) is 53.9 cm³/mol. The fraction of sp³-hybridized carbons (Fsp3) is 0.500. The molecule has 0 aliphatic carbocycles. The Labute approximate surface area is 91.4 Å². The molecule has 0 fully saturated rings. The Kier molecular flexibility index (Phi) is 3.79. The zero-order chi connectivity index (χ0) is 12.2. The lowest BCUT2D eigenvalue weighted by Crippen LogP contribution is -2.34. The van der Waals surface area contributed by atoms with Crippen LogP contribution in [0, 0.1) is 0 Å². The highest BCUT2D eigenvalue weighted by Crippen LogP contribution is 2.02. The lowest BCUT2D eigenvalue weighted by Gasteiger charge is -2.03. The molecule has 0 saturated carbocycles. The highest BCUT2D eigenvalue weighted by atomic mass is 32.2. The number of carbonyl (C=O) groups excluding carboxylic acids is 1. The molecule has 9 nitrogen and oxygen atoms in total. The van der Waals surface area contributed by atoms with Crippen molar-refractivity contribution < 1.29 is 17.8 Å². The number of nitrogens with one attached hydrogen (secondary N) is 2. The van der Waals surface area contributed by atoms with Gasteiger partial charge in [0, 0.05) is 13.1 Å². The number of nitrogens with zero attached hydrogens (tertiary/aromatic N) is 2. The molecule has 0 aliphatic heterocycles. The fourth-order valence-electron chi connectivity index (χ4n) is 0.849. The summed E-state index contributed by atoms with van der Waals surface area (Å²) in [6.45, 7) is 0.188. The summed E-state index contributed by atoms with van der Waals surface area (Å²) in [5.74, 6) is -0.692. The standard InChI is InChI=1S/C6H11N5O4S/c1-16(13,14)9-3-2-8-6(12)4-5(7)11-15-10-4/h9H,2-3H2,1H3,(H2,7,11)(H,8,12). The number of amides is 1. The van der Waals surface area contributed by atoms with Crippen LogP contribution in [-0.4, -0.2) is 44.0 Å². The zero-order valence-corrected chi connectivity index (χ0v) is 9.24. The quantitative estimate of drug-likeness (QED) is 0.509. The van der Waals surface area contributed by atoms with E-state index >= 15 is 0 Å². The summed E-state index contributed by atoms with van der Waals surface area (Å²) in [6, 6.07) is 0. The largest absolute Gasteiger partial charge is 0.379 e. The first kappa shape index (κ1) is 12.4. The van der Waals surface area contributed by atoms with E-state index in [-0.39, 0.29) is 24.6 Å². The Hall–Kier alpha value is -1.68. The minimum absolute atomic E-state index is 0.0791. The maximum absolute atomic E-state index is 11.3. The Morgan fingerprint density at radius 2 is 2.12 bits per heavy atom. The van der Waals surface area contributed by atoms with Crippen molar-refractivity contribution in [2.24, 2.45) is 0 Å². The van der Waals surface area contributed by atoms with Crippen molar-refractivity contribution in [3.8, 4) is 0 Å². The molecular formula is C6H11N5O4S. The summed E-state index contributed by atoms with van der Waals surface area (Å²) in [7, 11) is -3.26. The lowest BCUT2D eigenvalue weighted by molar-refractivity contribution is 0.0945. The molecule has 16 heavy (non-hydrogen) atoms. The van der Waals surface area contributed by atoms with Crippen molar-refractivity contribution in [3.63, 3.8) is 0 Å². The van der Waals surface area contributed by atoms with Crippen LogP contribution in [0.3, 0.4) is 0 Å². The van der Waals surface area contributed by atoms with E-state index in [2.05, 4.69) is 25.0 Å². The third-order valence-electron chi connectivity index (χ3n) is 1.50. The van der Waals surface area contributed by atoms with Gasteiger partial charge in [-0.2, -0.15) is 0 Å². The molecule has 0 saturated heterocycles. The third-order valence-corrected chi connectivity index (χ3v) is 2.23. The van der Waals surface area contributed by atoms with E-state index in [1.54, 1.807) is 0 Å². The van der Waals surface area contributed by atoms with E-state index in [0.717, 1.165) is 6.26 Å². The van der Waals surface area contributed by atoms with Crippen molar-refractivity contribution in [2.75, 3.05) is 25.1 Å². The van der Waals surface area contributed by atoms with Crippen LogP contribution in [0.25, 0.3) is 0 Å². The summed E-state index contributed by atoms with van der Waals surface area (Å²) in [5.41, 5.74) is 5.15. The molecule has 0 bridgehead atoms. The number of rotatable bonds is 5. The van der Waals surface area contributed by atoms with Gasteiger partial charge in [-0.3, -0.25) is 4.79 Å². The third kappa shape index (κ3) is 3.82. The number of carbonyl (C=O) groups is 1. The van der Waals surface area contributed by atoms with E-state index in [0.29, 0.717) is 0 Å². The van der Waals surface area contributed by atoms with Crippen molar-refractivity contribution >= 4 is 21.7 Å². The van der Waals surface area contributed by atoms with Gasteiger partial charge in [0.25, 0.3) is 5.91 Å². The minimum atomic E-state index is -3.26. The Morgan fingerprint density at radius 1 is 1.44 bits per heavy atom. The first-order chi connectivity index (χ1) is 7.40. The van der Waals surface area contributed by atoms with Crippen LogP contribution in [-0.2, 0) is 10.0 Å². The average Bonchev–Trinajstić information content (AvgIpc) is 2.57. The molecule has 0 spiro atoms. The summed E-state index contributed by atoms with van der Waals surface area (Å²) >= 11 is 0. The van der Waals surface area contributed by atoms with Gasteiger partial charge in [0.15, 0.2) is 0 Å². The number of aromatic nitrogens is 2. The van der Waals surface area contributed by atoms with E-state index in [4.69, 9.17) is 5.73 Å². The molecule has 1 heterocycles. The van der Waals surface area contributed by atoms with E-state index in [1.165, 1.54) is 0 Å².